The van der Waals surface area contributed by atoms with Crippen molar-refractivity contribution >= 4 is 17.4 Å². The van der Waals surface area contributed by atoms with Crippen LogP contribution in [0.5, 0.6) is 0 Å². The summed E-state index contributed by atoms with van der Waals surface area (Å²) in [6.07, 6.45) is 8.38. The van der Waals surface area contributed by atoms with Crippen molar-refractivity contribution in [2.75, 3.05) is 10.6 Å². The largest absolute Gasteiger partial charge is 0.374 e. The number of hydrogen-bond donors (Lipinski definition) is 3. The Morgan fingerprint density at radius 3 is 3.00 bits per heavy atom. The van der Waals surface area contributed by atoms with Crippen molar-refractivity contribution in [3.63, 3.8) is 0 Å². The van der Waals surface area contributed by atoms with Gasteiger partial charge >= 0.3 is 6.03 Å². The quantitative estimate of drug-likeness (QED) is 0.771. The van der Waals surface area contributed by atoms with Gasteiger partial charge in [-0.2, -0.15) is 5.10 Å². The van der Waals surface area contributed by atoms with E-state index >= 15 is 0 Å². The molecule has 0 aliphatic heterocycles. The monoisotopic (exact) mass is 328 g/mol. The van der Waals surface area contributed by atoms with Crippen LogP contribution in [0.4, 0.5) is 16.2 Å². The molecule has 1 saturated carbocycles. The Bertz CT molecular complexity index is 657. The summed E-state index contributed by atoms with van der Waals surface area (Å²) in [5.74, 6) is 0.753. The molecule has 0 saturated heterocycles. The van der Waals surface area contributed by atoms with Crippen molar-refractivity contribution in [2.24, 2.45) is 5.92 Å². The molecule has 3 N–H and O–H groups in total. The van der Waals surface area contributed by atoms with Gasteiger partial charge in [0.2, 0.25) is 0 Å². The predicted octanol–water partition coefficient (Wildman–Crippen LogP) is 4.15. The maximum Gasteiger partial charge on any atom is 0.323 e. The van der Waals surface area contributed by atoms with Crippen LogP contribution in [0, 0.1) is 5.92 Å². The van der Waals surface area contributed by atoms with Gasteiger partial charge in [-0.3, -0.25) is 5.10 Å². The van der Waals surface area contributed by atoms with Crippen LogP contribution in [0.3, 0.4) is 0 Å². The van der Waals surface area contributed by atoms with Gasteiger partial charge in [0.1, 0.15) is 0 Å². The fourth-order valence-electron chi connectivity index (χ4n) is 3.10. The summed E-state index contributed by atoms with van der Waals surface area (Å²) in [6.45, 7) is 2.87. The number of aromatic nitrogens is 2. The number of H-pyrrole nitrogens is 1. The first-order valence-corrected chi connectivity index (χ1v) is 8.46. The molecule has 1 aliphatic rings. The van der Waals surface area contributed by atoms with Gasteiger partial charge in [-0.25, -0.2) is 4.79 Å². The molecular weight excluding hydrogens is 304 g/mol. The number of nitrogens with zero attached hydrogens (tertiary/aromatic N) is 1. The predicted molar refractivity (Wildman–Crippen MR) is 93.9 cm³/mol. The number of urea groups is 1. The van der Waals surface area contributed by atoms with Gasteiger partial charge < -0.3 is 15.4 Å². The highest BCUT2D eigenvalue weighted by atomic mass is 16.5. The number of ether oxygens (including phenoxy) is 1. The Morgan fingerprint density at radius 2 is 2.21 bits per heavy atom. The SMILES string of the molecule is C[C@H]1CCC[C@@H](OCc2cccc(NC(=O)Nc3cn[nH]c3)c2)C1. The summed E-state index contributed by atoms with van der Waals surface area (Å²) in [7, 11) is 0. The van der Waals surface area contributed by atoms with Crippen molar-refractivity contribution in [2.45, 2.75) is 45.3 Å². The van der Waals surface area contributed by atoms with Crippen LogP contribution in [0.2, 0.25) is 0 Å². The summed E-state index contributed by atoms with van der Waals surface area (Å²) >= 11 is 0. The van der Waals surface area contributed by atoms with Gasteiger partial charge in [0.05, 0.1) is 24.6 Å². The van der Waals surface area contributed by atoms with Gasteiger partial charge in [-0.05, 0) is 36.5 Å². The minimum Gasteiger partial charge on any atom is -0.374 e. The molecule has 1 aliphatic carbocycles. The van der Waals surface area contributed by atoms with E-state index in [0.29, 0.717) is 18.4 Å². The second kappa shape index (κ2) is 7.97. The van der Waals surface area contributed by atoms with Crippen molar-refractivity contribution in [1.82, 2.24) is 10.2 Å². The van der Waals surface area contributed by atoms with E-state index in [1.165, 1.54) is 12.8 Å². The lowest BCUT2D eigenvalue weighted by Crippen LogP contribution is -2.21. The molecule has 0 radical (unpaired) electrons. The topological polar surface area (TPSA) is 79.0 Å². The first-order valence-electron chi connectivity index (χ1n) is 8.46. The third-order valence-corrected chi connectivity index (χ3v) is 4.31. The number of benzene rings is 1. The average Bonchev–Trinajstić information content (AvgIpc) is 3.06. The van der Waals surface area contributed by atoms with Gasteiger partial charge in [-0.1, -0.05) is 31.9 Å². The molecule has 1 heterocycles. The summed E-state index contributed by atoms with van der Waals surface area (Å²) in [5, 5.41) is 12.0. The summed E-state index contributed by atoms with van der Waals surface area (Å²) in [5.41, 5.74) is 2.43. The van der Waals surface area contributed by atoms with E-state index in [-0.39, 0.29) is 6.03 Å². The standard InChI is InChI=1S/C18H24N4O2/c1-13-4-2-7-17(8-13)24-12-14-5-3-6-15(9-14)21-18(23)22-16-10-19-20-11-16/h3,5-6,9-11,13,17H,2,4,7-8,12H2,1H3,(H,19,20)(H2,21,22,23)/t13-,17+/m0/s1. The molecule has 0 unspecified atom stereocenters. The Labute approximate surface area is 142 Å². The van der Waals surface area contributed by atoms with Crippen LogP contribution >= 0.6 is 0 Å². The zero-order valence-electron chi connectivity index (χ0n) is 13.9. The second-order valence-corrected chi connectivity index (χ2v) is 6.47. The highest BCUT2D eigenvalue weighted by molar-refractivity contribution is 5.99. The number of amides is 2. The molecule has 1 aromatic carbocycles. The van der Waals surface area contributed by atoms with Gasteiger partial charge in [-0.15, -0.1) is 0 Å². The molecule has 1 aromatic heterocycles. The van der Waals surface area contributed by atoms with E-state index in [2.05, 4.69) is 27.8 Å². The van der Waals surface area contributed by atoms with Crippen LogP contribution in [-0.2, 0) is 11.3 Å². The molecule has 0 bridgehead atoms. The Hall–Kier alpha value is -2.34. The van der Waals surface area contributed by atoms with E-state index in [1.54, 1.807) is 12.4 Å². The lowest BCUT2D eigenvalue weighted by atomic mass is 9.89. The Balaban J connectivity index is 1.51. The molecule has 2 atom stereocenters. The van der Waals surface area contributed by atoms with Crippen LogP contribution in [0.25, 0.3) is 0 Å². The fraction of sp³-hybridized carbons (Fsp3) is 0.444. The number of anilines is 2. The third-order valence-electron chi connectivity index (χ3n) is 4.31. The zero-order valence-corrected chi connectivity index (χ0v) is 13.9. The molecule has 6 heteroatoms. The second-order valence-electron chi connectivity index (χ2n) is 6.47. The van der Waals surface area contributed by atoms with Crippen LogP contribution < -0.4 is 10.6 Å². The molecule has 2 aromatic rings. The van der Waals surface area contributed by atoms with Crippen LogP contribution in [0.1, 0.15) is 38.2 Å². The van der Waals surface area contributed by atoms with E-state index < -0.39 is 0 Å². The number of rotatable bonds is 5. The van der Waals surface area contributed by atoms with E-state index in [1.807, 2.05) is 24.3 Å². The van der Waals surface area contributed by atoms with E-state index in [0.717, 1.165) is 30.0 Å². The van der Waals surface area contributed by atoms with Crippen molar-refractivity contribution in [1.29, 1.82) is 0 Å². The van der Waals surface area contributed by atoms with Crippen LogP contribution in [-0.4, -0.2) is 22.3 Å². The minimum atomic E-state index is -0.296. The summed E-state index contributed by atoms with van der Waals surface area (Å²) < 4.78 is 6.04. The average molecular weight is 328 g/mol. The van der Waals surface area contributed by atoms with Gasteiger partial charge in [0.25, 0.3) is 0 Å². The molecule has 2 amide bonds. The lowest BCUT2D eigenvalue weighted by Gasteiger charge is -2.26. The Kier molecular flexibility index (Phi) is 5.48. The summed E-state index contributed by atoms with van der Waals surface area (Å²) in [6, 6.07) is 7.46. The number of carbonyl (C=O) groups is 1. The third kappa shape index (κ3) is 4.83. The van der Waals surface area contributed by atoms with Crippen molar-refractivity contribution in [3.05, 3.63) is 42.2 Å². The summed E-state index contributed by atoms with van der Waals surface area (Å²) in [4.78, 5) is 11.9. The zero-order chi connectivity index (χ0) is 16.8. The Morgan fingerprint density at radius 1 is 1.33 bits per heavy atom. The fourth-order valence-corrected chi connectivity index (χ4v) is 3.10. The smallest absolute Gasteiger partial charge is 0.323 e. The molecule has 6 nitrogen and oxygen atoms in total. The maximum absolute atomic E-state index is 11.9. The normalized spacial score (nSPS) is 20.5. The molecular formula is C18H24N4O2. The van der Waals surface area contributed by atoms with Crippen molar-refractivity contribution in [3.8, 4) is 0 Å². The highest BCUT2D eigenvalue weighted by Crippen LogP contribution is 2.26. The minimum absolute atomic E-state index is 0.296. The van der Waals surface area contributed by atoms with E-state index in [9.17, 15) is 4.79 Å². The lowest BCUT2D eigenvalue weighted by molar-refractivity contribution is 0.00468. The number of carbonyl (C=O) groups excluding carboxylic acids is 1. The highest BCUT2D eigenvalue weighted by Gasteiger charge is 2.19. The molecule has 1 fully saturated rings. The van der Waals surface area contributed by atoms with Crippen molar-refractivity contribution < 1.29 is 9.53 Å². The number of nitrogens with one attached hydrogen (secondary N) is 3. The maximum atomic E-state index is 11.9. The molecule has 128 valence electrons. The van der Waals surface area contributed by atoms with Crippen LogP contribution in [0.15, 0.2) is 36.7 Å². The van der Waals surface area contributed by atoms with Gasteiger partial charge in [0, 0.05) is 11.9 Å². The molecule has 0 spiro atoms. The first kappa shape index (κ1) is 16.5. The first-order chi connectivity index (χ1) is 11.7. The number of hydrogen-bond acceptors (Lipinski definition) is 3. The molecule has 3 rings (SSSR count). The number of aromatic amines is 1. The molecule has 24 heavy (non-hydrogen) atoms. The van der Waals surface area contributed by atoms with E-state index in [4.69, 9.17) is 4.74 Å². The van der Waals surface area contributed by atoms with Gasteiger partial charge in [0.15, 0.2) is 0 Å².